The van der Waals surface area contributed by atoms with E-state index in [1.807, 2.05) is 0 Å². The second-order valence-electron chi connectivity index (χ2n) is 4.93. The SMILES string of the molecule is N#C/C(=C/Nc1cccc([N+](=O)[O-])c1)C(=O)NCc1ccc(Cl)cc1. The van der Waals surface area contributed by atoms with E-state index in [0.29, 0.717) is 10.7 Å². The normalized spacial score (nSPS) is 10.6. The lowest BCUT2D eigenvalue weighted by Crippen LogP contribution is -2.24. The molecule has 0 bridgehead atoms. The standard InChI is InChI=1S/C17H13ClN4O3/c18-14-6-4-12(5-7-14)10-21-17(23)13(9-19)11-20-15-2-1-3-16(8-15)22(24)25/h1-8,11,20H,10H2,(H,21,23)/b13-11-. The molecule has 0 spiro atoms. The number of amides is 1. The molecule has 0 aliphatic carbocycles. The molecule has 2 rings (SSSR count). The maximum Gasteiger partial charge on any atom is 0.271 e. The smallest absolute Gasteiger partial charge is 0.271 e. The fraction of sp³-hybridized carbons (Fsp3) is 0.0588. The molecule has 0 atom stereocenters. The fourth-order valence-corrected chi connectivity index (χ4v) is 2.02. The number of nitrogens with zero attached hydrogens (tertiary/aromatic N) is 2. The van der Waals surface area contributed by atoms with Crippen molar-refractivity contribution in [3.63, 3.8) is 0 Å². The Bertz CT molecular complexity index is 857. The molecule has 0 radical (unpaired) electrons. The van der Waals surface area contributed by atoms with E-state index in [2.05, 4.69) is 10.6 Å². The number of carbonyl (C=O) groups excluding carboxylic acids is 1. The Labute approximate surface area is 148 Å². The van der Waals surface area contributed by atoms with Gasteiger partial charge in [-0.1, -0.05) is 29.8 Å². The molecule has 0 saturated carbocycles. The molecule has 126 valence electrons. The van der Waals surface area contributed by atoms with Crippen LogP contribution < -0.4 is 10.6 Å². The van der Waals surface area contributed by atoms with Gasteiger partial charge in [-0.15, -0.1) is 0 Å². The van der Waals surface area contributed by atoms with Crippen LogP contribution in [0.4, 0.5) is 11.4 Å². The van der Waals surface area contributed by atoms with Crippen LogP contribution in [0.1, 0.15) is 5.56 Å². The number of halogens is 1. The van der Waals surface area contributed by atoms with E-state index in [4.69, 9.17) is 16.9 Å². The lowest BCUT2D eigenvalue weighted by atomic mass is 10.2. The number of carbonyl (C=O) groups is 1. The van der Waals surface area contributed by atoms with Gasteiger partial charge >= 0.3 is 0 Å². The van der Waals surface area contributed by atoms with Crippen molar-refractivity contribution in [3.05, 3.63) is 81.0 Å². The molecule has 0 aromatic heterocycles. The van der Waals surface area contributed by atoms with Crippen LogP contribution in [0, 0.1) is 21.4 Å². The molecule has 0 saturated heterocycles. The summed E-state index contributed by atoms with van der Waals surface area (Å²) in [5.74, 6) is -0.560. The minimum atomic E-state index is -0.560. The van der Waals surface area contributed by atoms with Crippen molar-refractivity contribution in [2.75, 3.05) is 5.32 Å². The highest BCUT2D eigenvalue weighted by molar-refractivity contribution is 6.30. The van der Waals surface area contributed by atoms with Crippen molar-refractivity contribution in [1.82, 2.24) is 5.32 Å². The third-order valence-corrected chi connectivity index (χ3v) is 3.42. The maximum atomic E-state index is 12.0. The van der Waals surface area contributed by atoms with Gasteiger partial charge in [0.15, 0.2) is 0 Å². The summed E-state index contributed by atoms with van der Waals surface area (Å²) in [6, 6.07) is 14.5. The summed E-state index contributed by atoms with van der Waals surface area (Å²) in [6.07, 6.45) is 1.20. The van der Waals surface area contributed by atoms with E-state index in [1.165, 1.54) is 24.4 Å². The number of non-ortho nitro benzene ring substituents is 1. The van der Waals surface area contributed by atoms with Gasteiger partial charge in [0, 0.05) is 35.6 Å². The Balaban J connectivity index is 2.00. The van der Waals surface area contributed by atoms with Gasteiger partial charge < -0.3 is 10.6 Å². The first-order valence-corrected chi connectivity index (χ1v) is 7.51. The van der Waals surface area contributed by atoms with Gasteiger partial charge in [0.05, 0.1) is 4.92 Å². The Morgan fingerprint density at radius 2 is 2.00 bits per heavy atom. The van der Waals surface area contributed by atoms with Crippen LogP contribution in [0.2, 0.25) is 5.02 Å². The summed E-state index contributed by atoms with van der Waals surface area (Å²) < 4.78 is 0. The monoisotopic (exact) mass is 356 g/mol. The highest BCUT2D eigenvalue weighted by atomic mass is 35.5. The first-order valence-electron chi connectivity index (χ1n) is 7.13. The van der Waals surface area contributed by atoms with Crippen LogP contribution in [0.25, 0.3) is 0 Å². The van der Waals surface area contributed by atoms with Gasteiger partial charge in [0.1, 0.15) is 11.6 Å². The number of nitro groups is 1. The van der Waals surface area contributed by atoms with Crippen LogP contribution in [0.3, 0.4) is 0 Å². The van der Waals surface area contributed by atoms with Gasteiger partial charge in [0.25, 0.3) is 11.6 Å². The molecule has 0 fully saturated rings. The number of rotatable bonds is 6. The topological polar surface area (TPSA) is 108 Å². The van der Waals surface area contributed by atoms with Crippen molar-refractivity contribution in [1.29, 1.82) is 5.26 Å². The maximum absolute atomic E-state index is 12.0. The first-order chi connectivity index (χ1) is 12.0. The molecular formula is C17H13ClN4O3. The van der Waals surface area contributed by atoms with Crippen molar-refractivity contribution >= 4 is 28.9 Å². The van der Waals surface area contributed by atoms with E-state index in [0.717, 1.165) is 5.56 Å². The predicted octanol–water partition coefficient (Wildman–Crippen LogP) is 3.38. The third-order valence-electron chi connectivity index (χ3n) is 3.17. The summed E-state index contributed by atoms with van der Waals surface area (Å²) in [6.45, 7) is 0.242. The van der Waals surface area contributed by atoms with Crippen LogP contribution in [-0.4, -0.2) is 10.8 Å². The lowest BCUT2D eigenvalue weighted by Gasteiger charge is -2.05. The van der Waals surface area contributed by atoms with Crippen molar-refractivity contribution in [2.45, 2.75) is 6.54 Å². The van der Waals surface area contributed by atoms with Crippen LogP contribution in [-0.2, 0) is 11.3 Å². The largest absolute Gasteiger partial charge is 0.360 e. The Hall–Kier alpha value is -3.37. The second kappa shape index (κ2) is 8.47. The molecular weight excluding hydrogens is 344 g/mol. The minimum Gasteiger partial charge on any atom is -0.360 e. The van der Waals surface area contributed by atoms with E-state index in [-0.39, 0.29) is 17.8 Å². The Kier molecular flexibility index (Phi) is 6.09. The number of nitrogens with one attached hydrogen (secondary N) is 2. The third kappa shape index (κ3) is 5.34. The van der Waals surface area contributed by atoms with Crippen molar-refractivity contribution in [3.8, 4) is 6.07 Å². The zero-order valence-electron chi connectivity index (χ0n) is 12.9. The number of benzene rings is 2. The lowest BCUT2D eigenvalue weighted by molar-refractivity contribution is -0.384. The zero-order chi connectivity index (χ0) is 18.2. The summed E-state index contributed by atoms with van der Waals surface area (Å²) in [4.78, 5) is 22.2. The predicted molar refractivity (Wildman–Crippen MR) is 93.7 cm³/mol. The number of nitro benzene ring substituents is 1. The molecule has 2 aromatic rings. The number of hydrogen-bond acceptors (Lipinski definition) is 5. The van der Waals surface area contributed by atoms with Gasteiger partial charge in [-0.3, -0.25) is 14.9 Å². The van der Waals surface area contributed by atoms with Crippen molar-refractivity contribution in [2.24, 2.45) is 0 Å². The van der Waals surface area contributed by atoms with Gasteiger partial charge in [-0.2, -0.15) is 5.26 Å². The molecule has 8 heteroatoms. The fourth-order valence-electron chi connectivity index (χ4n) is 1.89. The summed E-state index contributed by atoms with van der Waals surface area (Å²) in [5.41, 5.74) is 0.985. The zero-order valence-corrected chi connectivity index (χ0v) is 13.7. The molecule has 0 aliphatic heterocycles. The van der Waals surface area contributed by atoms with Gasteiger partial charge in [-0.25, -0.2) is 0 Å². The van der Waals surface area contributed by atoms with E-state index in [1.54, 1.807) is 36.4 Å². The highest BCUT2D eigenvalue weighted by Crippen LogP contribution is 2.17. The van der Waals surface area contributed by atoms with Crippen molar-refractivity contribution < 1.29 is 9.72 Å². The molecule has 0 heterocycles. The van der Waals surface area contributed by atoms with Crippen LogP contribution >= 0.6 is 11.6 Å². The molecule has 7 nitrogen and oxygen atoms in total. The first kappa shape index (κ1) is 18.0. The van der Waals surface area contributed by atoms with Crippen LogP contribution in [0.15, 0.2) is 60.3 Å². The van der Waals surface area contributed by atoms with E-state index >= 15 is 0 Å². The average Bonchev–Trinajstić information content (AvgIpc) is 2.62. The highest BCUT2D eigenvalue weighted by Gasteiger charge is 2.09. The van der Waals surface area contributed by atoms with E-state index < -0.39 is 10.8 Å². The molecule has 1 amide bonds. The summed E-state index contributed by atoms with van der Waals surface area (Å²) >= 11 is 5.79. The van der Waals surface area contributed by atoms with Gasteiger partial charge in [0.2, 0.25) is 0 Å². The number of hydrogen-bond donors (Lipinski definition) is 2. The van der Waals surface area contributed by atoms with E-state index in [9.17, 15) is 14.9 Å². The average molecular weight is 357 g/mol. The molecule has 25 heavy (non-hydrogen) atoms. The number of anilines is 1. The Morgan fingerprint density at radius 1 is 1.28 bits per heavy atom. The second-order valence-corrected chi connectivity index (χ2v) is 5.37. The Morgan fingerprint density at radius 3 is 2.64 bits per heavy atom. The minimum absolute atomic E-state index is 0.0934. The molecule has 2 aromatic carbocycles. The number of nitriles is 1. The van der Waals surface area contributed by atoms with Gasteiger partial charge in [-0.05, 0) is 23.8 Å². The van der Waals surface area contributed by atoms with Crippen LogP contribution in [0.5, 0.6) is 0 Å². The summed E-state index contributed by atoms with van der Waals surface area (Å²) in [5, 5.41) is 25.8. The quantitative estimate of drug-likeness (QED) is 0.357. The molecule has 0 unspecified atom stereocenters. The molecule has 2 N–H and O–H groups in total. The molecule has 0 aliphatic rings. The summed E-state index contributed by atoms with van der Waals surface area (Å²) in [7, 11) is 0.